The average Bonchev–Trinajstić information content (AvgIpc) is 3.24. The molecular weight excluding hydrogens is 270 g/mol. The molecule has 1 N–H and O–H groups in total. The van der Waals surface area contributed by atoms with E-state index in [0.29, 0.717) is 30.2 Å². The van der Waals surface area contributed by atoms with Crippen LogP contribution in [0.5, 0.6) is 0 Å². The maximum atomic E-state index is 12.5. The fourth-order valence-corrected chi connectivity index (χ4v) is 2.40. The molecule has 4 rings (SSSR count). The lowest BCUT2D eigenvalue weighted by Crippen LogP contribution is -2.25. The molecule has 3 aromatic rings. The van der Waals surface area contributed by atoms with Crippen molar-refractivity contribution in [2.24, 2.45) is 0 Å². The van der Waals surface area contributed by atoms with Gasteiger partial charge in [-0.05, 0) is 12.1 Å². The molecule has 21 heavy (non-hydrogen) atoms. The Bertz CT molecular complexity index is 768. The Morgan fingerprint density at radius 1 is 1.38 bits per heavy atom. The van der Waals surface area contributed by atoms with Crippen molar-refractivity contribution in [1.82, 2.24) is 25.1 Å². The number of aromatic amines is 1. The van der Waals surface area contributed by atoms with Crippen molar-refractivity contribution in [2.45, 2.75) is 13.1 Å². The molecule has 0 aromatic carbocycles. The molecule has 0 saturated heterocycles. The normalized spacial score (nSPS) is 13.4. The summed E-state index contributed by atoms with van der Waals surface area (Å²) in [5.74, 6) is 0.513. The minimum atomic E-state index is -0.137. The van der Waals surface area contributed by atoms with Gasteiger partial charge in [-0.15, -0.1) is 0 Å². The molecule has 0 fully saturated rings. The zero-order valence-corrected chi connectivity index (χ0v) is 11.0. The zero-order chi connectivity index (χ0) is 14.2. The molecule has 0 radical (unpaired) electrons. The molecule has 0 bridgehead atoms. The molecule has 104 valence electrons. The number of nitrogens with zero attached hydrogens (tertiary/aromatic N) is 4. The van der Waals surface area contributed by atoms with Crippen LogP contribution in [0, 0.1) is 0 Å². The molecule has 0 unspecified atom stereocenters. The van der Waals surface area contributed by atoms with Gasteiger partial charge in [-0.2, -0.15) is 5.10 Å². The topological polar surface area (TPSA) is 87.9 Å². The number of furan rings is 1. The van der Waals surface area contributed by atoms with E-state index in [2.05, 4.69) is 20.2 Å². The number of aromatic nitrogens is 4. The lowest BCUT2D eigenvalue weighted by Gasteiger charge is -2.12. The van der Waals surface area contributed by atoms with Crippen molar-refractivity contribution in [3.8, 4) is 11.5 Å². The monoisotopic (exact) mass is 281 g/mol. The third-order valence-electron chi connectivity index (χ3n) is 3.45. The Morgan fingerprint density at radius 2 is 2.33 bits per heavy atom. The van der Waals surface area contributed by atoms with E-state index < -0.39 is 0 Å². The molecule has 1 aliphatic heterocycles. The van der Waals surface area contributed by atoms with Crippen molar-refractivity contribution in [1.29, 1.82) is 0 Å². The number of carbonyl (C=O) groups excluding carboxylic acids is 1. The standard InChI is InChI=1S/C14H11N5O2/c20-14(19-6-9-5-15-8-16-12(9)7-19)11-4-10(17-18-11)13-2-1-3-21-13/h1-5,8H,6-7H2,(H,17,18). The lowest BCUT2D eigenvalue weighted by atomic mass is 10.3. The van der Waals surface area contributed by atoms with E-state index >= 15 is 0 Å². The number of H-pyrrole nitrogens is 1. The summed E-state index contributed by atoms with van der Waals surface area (Å²) in [6.07, 6.45) is 4.82. The summed E-state index contributed by atoms with van der Waals surface area (Å²) in [5.41, 5.74) is 2.91. The van der Waals surface area contributed by atoms with E-state index in [-0.39, 0.29) is 5.91 Å². The van der Waals surface area contributed by atoms with Gasteiger partial charge >= 0.3 is 0 Å². The summed E-state index contributed by atoms with van der Waals surface area (Å²) in [4.78, 5) is 22.3. The highest BCUT2D eigenvalue weighted by molar-refractivity contribution is 5.93. The third kappa shape index (κ3) is 1.99. The lowest BCUT2D eigenvalue weighted by molar-refractivity contribution is 0.0744. The first-order chi connectivity index (χ1) is 10.3. The van der Waals surface area contributed by atoms with Gasteiger partial charge in [0.1, 0.15) is 12.0 Å². The van der Waals surface area contributed by atoms with Crippen LogP contribution in [-0.4, -0.2) is 31.0 Å². The van der Waals surface area contributed by atoms with Gasteiger partial charge in [-0.3, -0.25) is 9.89 Å². The molecule has 0 aliphatic carbocycles. The van der Waals surface area contributed by atoms with Gasteiger partial charge < -0.3 is 9.32 Å². The minimum Gasteiger partial charge on any atom is -0.463 e. The van der Waals surface area contributed by atoms with Gasteiger partial charge in [0.15, 0.2) is 11.5 Å². The predicted octanol–water partition coefficient (Wildman–Crippen LogP) is 1.62. The number of rotatable bonds is 2. The van der Waals surface area contributed by atoms with Crippen LogP contribution >= 0.6 is 0 Å². The number of nitrogens with one attached hydrogen (secondary N) is 1. The van der Waals surface area contributed by atoms with Crippen molar-refractivity contribution in [3.05, 3.63) is 53.9 Å². The Hall–Kier alpha value is -2.96. The predicted molar refractivity (Wildman–Crippen MR) is 71.9 cm³/mol. The van der Waals surface area contributed by atoms with Gasteiger partial charge in [0.2, 0.25) is 0 Å². The quantitative estimate of drug-likeness (QED) is 0.771. The van der Waals surface area contributed by atoms with Crippen LogP contribution in [0.25, 0.3) is 11.5 Å². The Balaban J connectivity index is 1.57. The van der Waals surface area contributed by atoms with Crippen molar-refractivity contribution >= 4 is 5.91 Å². The maximum absolute atomic E-state index is 12.5. The summed E-state index contributed by atoms with van der Waals surface area (Å²) in [7, 11) is 0. The van der Waals surface area contributed by atoms with Crippen LogP contribution in [0.4, 0.5) is 0 Å². The minimum absolute atomic E-state index is 0.137. The van der Waals surface area contributed by atoms with E-state index in [1.807, 2.05) is 6.07 Å². The third-order valence-corrected chi connectivity index (χ3v) is 3.45. The number of hydrogen-bond acceptors (Lipinski definition) is 5. The summed E-state index contributed by atoms with van der Waals surface area (Å²) in [6.45, 7) is 0.998. The molecule has 0 atom stereocenters. The van der Waals surface area contributed by atoms with Crippen LogP contribution in [-0.2, 0) is 13.1 Å². The largest absolute Gasteiger partial charge is 0.463 e. The number of amides is 1. The molecule has 1 aliphatic rings. The summed E-state index contributed by atoms with van der Waals surface area (Å²) in [5, 5.41) is 6.88. The first-order valence-electron chi connectivity index (χ1n) is 6.47. The molecule has 1 amide bonds. The van der Waals surface area contributed by atoms with Crippen LogP contribution in [0.3, 0.4) is 0 Å². The zero-order valence-electron chi connectivity index (χ0n) is 11.0. The summed E-state index contributed by atoms with van der Waals surface area (Å²) < 4.78 is 5.27. The fraction of sp³-hybridized carbons (Fsp3) is 0.143. The highest BCUT2D eigenvalue weighted by Gasteiger charge is 2.27. The van der Waals surface area contributed by atoms with E-state index in [0.717, 1.165) is 11.3 Å². The number of hydrogen-bond donors (Lipinski definition) is 1. The highest BCUT2D eigenvalue weighted by Crippen LogP contribution is 2.23. The first kappa shape index (κ1) is 11.8. The average molecular weight is 281 g/mol. The van der Waals surface area contributed by atoms with Crippen LogP contribution < -0.4 is 0 Å². The van der Waals surface area contributed by atoms with Gasteiger partial charge in [0, 0.05) is 24.4 Å². The van der Waals surface area contributed by atoms with Gasteiger partial charge in [-0.25, -0.2) is 9.97 Å². The molecule has 4 heterocycles. The summed E-state index contributed by atoms with van der Waals surface area (Å²) >= 11 is 0. The van der Waals surface area contributed by atoms with Crippen LogP contribution in [0.15, 0.2) is 41.4 Å². The van der Waals surface area contributed by atoms with Gasteiger partial charge in [-0.1, -0.05) is 0 Å². The second-order valence-electron chi connectivity index (χ2n) is 4.80. The maximum Gasteiger partial charge on any atom is 0.275 e. The summed E-state index contributed by atoms with van der Waals surface area (Å²) in [6, 6.07) is 5.28. The highest BCUT2D eigenvalue weighted by atomic mass is 16.3. The van der Waals surface area contributed by atoms with E-state index in [1.165, 1.54) is 6.33 Å². The van der Waals surface area contributed by atoms with E-state index in [1.54, 1.807) is 29.5 Å². The van der Waals surface area contributed by atoms with E-state index in [4.69, 9.17) is 4.42 Å². The van der Waals surface area contributed by atoms with Gasteiger partial charge in [0.25, 0.3) is 5.91 Å². The van der Waals surface area contributed by atoms with Crippen LogP contribution in [0.2, 0.25) is 0 Å². The molecule has 0 saturated carbocycles. The Labute approximate surface area is 119 Å². The Morgan fingerprint density at radius 3 is 3.14 bits per heavy atom. The molecule has 0 spiro atoms. The molecule has 7 nitrogen and oxygen atoms in total. The van der Waals surface area contributed by atoms with E-state index in [9.17, 15) is 4.79 Å². The molecular formula is C14H11N5O2. The van der Waals surface area contributed by atoms with Gasteiger partial charge in [0.05, 0.1) is 18.5 Å². The Kier molecular flexibility index (Phi) is 2.56. The second-order valence-corrected chi connectivity index (χ2v) is 4.80. The van der Waals surface area contributed by atoms with Crippen molar-refractivity contribution in [2.75, 3.05) is 0 Å². The molecule has 7 heteroatoms. The number of carbonyl (C=O) groups is 1. The smallest absolute Gasteiger partial charge is 0.275 e. The fourth-order valence-electron chi connectivity index (χ4n) is 2.40. The van der Waals surface area contributed by atoms with Crippen molar-refractivity contribution < 1.29 is 9.21 Å². The number of fused-ring (bicyclic) bond motifs is 1. The second kappa shape index (κ2) is 4.55. The molecule has 3 aromatic heterocycles. The first-order valence-corrected chi connectivity index (χ1v) is 6.47. The van der Waals surface area contributed by atoms with Crippen LogP contribution in [0.1, 0.15) is 21.7 Å². The SMILES string of the molecule is O=C(c1cc(-c2ccco2)[nH]n1)N1Cc2cncnc2C1. The van der Waals surface area contributed by atoms with Crippen molar-refractivity contribution in [3.63, 3.8) is 0 Å².